The molecule has 0 aliphatic carbocycles. The summed E-state index contributed by atoms with van der Waals surface area (Å²) in [5.41, 5.74) is 1.14. The number of carbonyl (C=O) groups excluding carboxylic acids is 2. The molecule has 3 rings (SSSR count). The number of rotatable bonds is 7. The second kappa shape index (κ2) is 8.58. The molecule has 0 unspecified atom stereocenters. The lowest BCUT2D eigenvalue weighted by Gasteiger charge is -2.09. The smallest absolute Gasteiger partial charge is 0.338 e. The Bertz CT molecular complexity index is 890. The first-order chi connectivity index (χ1) is 12.6. The number of nitrogens with zero attached hydrogens (tertiary/aromatic N) is 2. The van der Waals surface area contributed by atoms with Gasteiger partial charge in [0.2, 0.25) is 0 Å². The van der Waals surface area contributed by atoms with Crippen LogP contribution in [0.4, 0.5) is 0 Å². The van der Waals surface area contributed by atoms with Gasteiger partial charge < -0.3 is 4.74 Å². The first-order valence-corrected chi connectivity index (χ1v) is 8.98. The van der Waals surface area contributed by atoms with E-state index in [0.29, 0.717) is 24.1 Å². The topological polar surface area (TPSA) is 61.2 Å². The molecule has 2 aromatic carbocycles. The van der Waals surface area contributed by atoms with Crippen molar-refractivity contribution >= 4 is 27.7 Å². The Morgan fingerprint density at radius 1 is 1.00 bits per heavy atom. The fourth-order valence-corrected chi connectivity index (χ4v) is 2.78. The minimum absolute atomic E-state index is 0.207. The third-order valence-electron chi connectivity index (χ3n) is 3.82. The highest BCUT2D eigenvalue weighted by Crippen LogP contribution is 2.18. The Labute approximate surface area is 159 Å². The van der Waals surface area contributed by atoms with Gasteiger partial charge in [0.15, 0.2) is 5.78 Å². The number of esters is 1. The molecule has 26 heavy (non-hydrogen) atoms. The summed E-state index contributed by atoms with van der Waals surface area (Å²) >= 11 is 3.35. The average molecular weight is 413 g/mol. The van der Waals surface area contributed by atoms with E-state index in [9.17, 15) is 9.59 Å². The van der Waals surface area contributed by atoms with E-state index in [2.05, 4.69) is 21.0 Å². The first kappa shape index (κ1) is 18.1. The molecule has 0 bridgehead atoms. The molecule has 0 aliphatic rings. The normalized spacial score (nSPS) is 10.5. The minimum Gasteiger partial charge on any atom is -0.462 e. The van der Waals surface area contributed by atoms with Gasteiger partial charge in [-0.1, -0.05) is 34.1 Å². The summed E-state index contributed by atoms with van der Waals surface area (Å²) in [7, 11) is 0. The Morgan fingerprint density at radius 3 is 2.42 bits per heavy atom. The lowest BCUT2D eigenvalue weighted by atomic mass is 9.98. The summed E-state index contributed by atoms with van der Waals surface area (Å²) in [4.78, 5) is 25.1. The van der Waals surface area contributed by atoms with Crippen LogP contribution in [0, 0.1) is 0 Å². The fourth-order valence-electron chi connectivity index (χ4n) is 2.52. The number of halogens is 1. The quantitative estimate of drug-likeness (QED) is 0.332. The highest BCUT2D eigenvalue weighted by molar-refractivity contribution is 9.10. The second-order valence-corrected chi connectivity index (χ2v) is 6.56. The predicted octanol–water partition coefficient (Wildman–Crippen LogP) is 4.12. The third-order valence-corrected chi connectivity index (χ3v) is 4.35. The number of hydrogen-bond donors (Lipinski definition) is 0. The molecular formula is C20H17BrN2O3. The van der Waals surface area contributed by atoms with Crippen LogP contribution in [0.3, 0.4) is 0 Å². The third kappa shape index (κ3) is 4.46. The summed E-state index contributed by atoms with van der Waals surface area (Å²) in [6.45, 7) is 0.930. The van der Waals surface area contributed by atoms with Gasteiger partial charge in [0, 0.05) is 41.0 Å². The number of ether oxygens (including phenoxy) is 1. The second-order valence-electron chi connectivity index (χ2n) is 5.64. The zero-order valence-electron chi connectivity index (χ0n) is 14.0. The predicted molar refractivity (Wildman–Crippen MR) is 101 cm³/mol. The van der Waals surface area contributed by atoms with E-state index >= 15 is 0 Å². The van der Waals surface area contributed by atoms with E-state index in [0.717, 1.165) is 4.47 Å². The number of benzene rings is 2. The molecule has 6 heteroatoms. The Kier molecular flexibility index (Phi) is 5.96. The number of aromatic nitrogens is 2. The molecule has 0 amide bonds. The molecule has 0 saturated carbocycles. The largest absolute Gasteiger partial charge is 0.462 e. The van der Waals surface area contributed by atoms with E-state index in [1.54, 1.807) is 59.4 Å². The Balaban J connectivity index is 1.66. The van der Waals surface area contributed by atoms with Gasteiger partial charge in [0.05, 0.1) is 12.2 Å². The SMILES string of the molecule is O=C(OCCCn1cccn1)c1ccccc1C(=O)c1ccc(Br)cc1. The minimum atomic E-state index is -0.494. The molecular weight excluding hydrogens is 396 g/mol. The van der Waals surface area contributed by atoms with Crippen LogP contribution in [0.1, 0.15) is 32.7 Å². The van der Waals surface area contributed by atoms with Crippen LogP contribution in [-0.4, -0.2) is 28.1 Å². The lowest BCUT2D eigenvalue weighted by molar-refractivity contribution is 0.0492. The zero-order chi connectivity index (χ0) is 18.4. The van der Waals surface area contributed by atoms with Gasteiger partial charge in [-0.2, -0.15) is 5.10 Å². The van der Waals surface area contributed by atoms with Crippen LogP contribution in [0.5, 0.6) is 0 Å². The summed E-state index contributed by atoms with van der Waals surface area (Å²) in [5, 5.41) is 4.10. The van der Waals surface area contributed by atoms with Crippen LogP contribution < -0.4 is 0 Å². The van der Waals surface area contributed by atoms with Gasteiger partial charge in [-0.3, -0.25) is 9.48 Å². The molecule has 132 valence electrons. The van der Waals surface area contributed by atoms with E-state index in [1.165, 1.54) is 0 Å². The summed E-state index contributed by atoms with van der Waals surface area (Å²) in [5.74, 6) is -0.701. The maximum Gasteiger partial charge on any atom is 0.338 e. The van der Waals surface area contributed by atoms with Crippen LogP contribution in [0.15, 0.2) is 71.5 Å². The van der Waals surface area contributed by atoms with Gasteiger partial charge >= 0.3 is 5.97 Å². The van der Waals surface area contributed by atoms with Crippen LogP contribution in [0.2, 0.25) is 0 Å². The van der Waals surface area contributed by atoms with Crippen molar-refractivity contribution in [1.29, 1.82) is 0 Å². The van der Waals surface area contributed by atoms with E-state index in [1.807, 2.05) is 12.3 Å². The highest BCUT2D eigenvalue weighted by Gasteiger charge is 2.19. The van der Waals surface area contributed by atoms with Crippen molar-refractivity contribution in [3.63, 3.8) is 0 Å². The van der Waals surface area contributed by atoms with Gasteiger partial charge in [0.25, 0.3) is 0 Å². The molecule has 0 aliphatic heterocycles. The molecule has 1 heterocycles. The van der Waals surface area contributed by atoms with E-state index < -0.39 is 5.97 Å². The van der Waals surface area contributed by atoms with Gasteiger partial charge in [-0.25, -0.2) is 4.79 Å². The van der Waals surface area contributed by atoms with Crippen molar-refractivity contribution in [3.05, 3.63) is 88.2 Å². The number of carbonyl (C=O) groups is 2. The monoisotopic (exact) mass is 412 g/mol. The first-order valence-electron chi connectivity index (χ1n) is 8.19. The molecule has 0 radical (unpaired) electrons. The Morgan fingerprint density at radius 2 is 1.73 bits per heavy atom. The fraction of sp³-hybridized carbons (Fsp3) is 0.150. The van der Waals surface area contributed by atoms with Crippen LogP contribution in [0.25, 0.3) is 0 Å². The van der Waals surface area contributed by atoms with Crippen molar-refractivity contribution in [2.45, 2.75) is 13.0 Å². The lowest BCUT2D eigenvalue weighted by Crippen LogP contribution is -2.14. The molecule has 1 aromatic heterocycles. The van der Waals surface area contributed by atoms with Crippen molar-refractivity contribution < 1.29 is 14.3 Å². The van der Waals surface area contributed by atoms with E-state index in [4.69, 9.17) is 4.74 Å². The molecule has 0 fully saturated rings. The van der Waals surface area contributed by atoms with Crippen molar-refractivity contribution in [2.75, 3.05) is 6.61 Å². The maximum absolute atomic E-state index is 12.7. The molecule has 5 nitrogen and oxygen atoms in total. The van der Waals surface area contributed by atoms with Crippen molar-refractivity contribution in [3.8, 4) is 0 Å². The van der Waals surface area contributed by atoms with Gasteiger partial charge in [-0.15, -0.1) is 0 Å². The van der Waals surface area contributed by atoms with Crippen LogP contribution >= 0.6 is 15.9 Å². The Hall–Kier alpha value is -2.73. The van der Waals surface area contributed by atoms with E-state index in [-0.39, 0.29) is 18.0 Å². The highest BCUT2D eigenvalue weighted by atomic mass is 79.9. The summed E-state index contributed by atoms with van der Waals surface area (Å²) in [6, 6.07) is 15.6. The van der Waals surface area contributed by atoms with Crippen molar-refractivity contribution in [2.24, 2.45) is 0 Å². The molecule has 3 aromatic rings. The maximum atomic E-state index is 12.7. The number of hydrogen-bond acceptors (Lipinski definition) is 4. The average Bonchev–Trinajstić information content (AvgIpc) is 3.18. The molecule has 0 saturated heterocycles. The molecule has 0 N–H and O–H groups in total. The summed E-state index contributed by atoms with van der Waals surface area (Å²) < 4.78 is 8.00. The number of ketones is 1. The number of aryl methyl sites for hydroxylation is 1. The van der Waals surface area contributed by atoms with Crippen LogP contribution in [-0.2, 0) is 11.3 Å². The zero-order valence-corrected chi connectivity index (χ0v) is 15.6. The summed E-state index contributed by atoms with van der Waals surface area (Å²) in [6.07, 6.45) is 4.21. The standard InChI is InChI=1S/C20H17BrN2O3/c21-16-9-7-15(8-10-16)19(24)17-5-1-2-6-18(17)20(25)26-14-4-13-23-12-3-11-22-23/h1-3,5-12H,4,13-14H2. The van der Waals surface area contributed by atoms with Gasteiger partial charge in [-0.05, 0) is 36.4 Å². The molecule has 0 atom stereocenters. The van der Waals surface area contributed by atoms with Crippen molar-refractivity contribution in [1.82, 2.24) is 9.78 Å². The molecule has 0 spiro atoms. The van der Waals surface area contributed by atoms with Gasteiger partial charge in [0.1, 0.15) is 0 Å².